The number of ether oxygens (including phenoxy) is 1. The third-order valence-electron chi connectivity index (χ3n) is 3.38. The molecule has 0 radical (unpaired) electrons. The summed E-state index contributed by atoms with van der Waals surface area (Å²) >= 11 is 3.54. The Labute approximate surface area is 134 Å². The second kappa shape index (κ2) is 6.85. The molecule has 2 rings (SSSR count). The highest BCUT2D eigenvalue weighted by Crippen LogP contribution is 2.31. The van der Waals surface area contributed by atoms with Crippen molar-refractivity contribution < 1.29 is 4.74 Å². The lowest BCUT2D eigenvalue weighted by Crippen LogP contribution is -2.09. The number of anilines is 3. The van der Waals surface area contributed by atoms with Gasteiger partial charge in [0.05, 0.1) is 11.8 Å². The van der Waals surface area contributed by atoms with Crippen LogP contribution < -0.4 is 15.8 Å². The van der Waals surface area contributed by atoms with Crippen molar-refractivity contribution >= 4 is 33.0 Å². The summed E-state index contributed by atoms with van der Waals surface area (Å²) in [7, 11) is 0. The van der Waals surface area contributed by atoms with E-state index >= 15 is 0 Å². The van der Waals surface area contributed by atoms with Crippen molar-refractivity contribution in [1.29, 1.82) is 0 Å². The molecular weight excluding hydrogens is 328 g/mol. The van der Waals surface area contributed by atoms with Crippen molar-refractivity contribution in [3.63, 3.8) is 0 Å². The Morgan fingerprint density at radius 3 is 2.76 bits per heavy atom. The predicted octanol–water partition coefficient (Wildman–Crippen LogP) is 5.26. The van der Waals surface area contributed by atoms with Gasteiger partial charge in [-0.15, -0.1) is 0 Å². The normalized spacial score (nSPS) is 12.0. The minimum Gasteiger partial charge on any atom is -0.491 e. The number of hydrogen-bond donors (Lipinski definition) is 2. The lowest BCUT2D eigenvalue weighted by atomic mass is 10.2. The second-order valence-electron chi connectivity index (χ2n) is 5.18. The van der Waals surface area contributed by atoms with Crippen LogP contribution in [0.3, 0.4) is 0 Å². The first-order valence-corrected chi connectivity index (χ1v) is 7.88. The molecule has 2 aromatic rings. The van der Waals surface area contributed by atoms with E-state index in [1.54, 1.807) is 0 Å². The number of benzene rings is 2. The van der Waals surface area contributed by atoms with E-state index in [2.05, 4.69) is 35.1 Å². The van der Waals surface area contributed by atoms with E-state index in [4.69, 9.17) is 10.5 Å². The Morgan fingerprint density at radius 1 is 1.29 bits per heavy atom. The molecule has 112 valence electrons. The summed E-state index contributed by atoms with van der Waals surface area (Å²) in [6.07, 6.45) is 1.20. The van der Waals surface area contributed by atoms with Crippen LogP contribution in [0, 0.1) is 6.92 Å². The van der Waals surface area contributed by atoms with E-state index in [-0.39, 0.29) is 6.10 Å². The van der Waals surface area contributed by atoms with Gasteiger partial charge in [-0.05, 0) is 66.0 Å². The highest BCUT2D eigenvalue weighted by atomic mass is 79.9. The summed E-state index contributed by atoms with van der Waals surface area (Å²) in [6, 6.07) is 11.9. The fourth-order valence-corrected chi connectivity index (χ4v) is 2.37. The van der Waals surface area contributed by atoms with Crippen LogP contribution in [0.4, 0.5) is 17.1 Å². The Balaban J connectivity index is 2.20. The van der Waals surface area contributed by atoms with E-state index in [1.807, 2.05) is 43.3 Å². The fraction of sp³-hybridized carbons (Fsp3) is 0.294. The van der Waals surface area contributed by atoms with Gasteiger partial charge in [-0.2, -0.15) is 0 Å². The largest absolute Gasteiger partial charge is 0.491 e. The van der Waals surface area contributed by atoms with Gasteiger partial charge in [0.15, 0.2) is 0 Å². The lowest BCUT2D eigenvalue weighted by Gasteiger charge is -2.15. The molecule has 3 nitrogen and oxygen atoms in total. The van der Waals surface area contributed by atoms with E-state index in [1.165, 1.54) is 0 Å². The van der Waals surface area contributed by atoms with Crippen LogP contribution in [0.15, 0.2) is 40.9 Å². The topological polar surface area (TPSA) is 47.3 Å². The maximum absolute atomic E-state index is 5.90. The first-order valence-electron chi connectivity index (χ1n) is 7.09. The molecule has 2 aromatic carbocycles. The Bertz CT molecular complexity index is 628. The maximum Gasteiger partial charge on any atom is 0.121 e. The average Bonchev–Trinajstić information content (AvgIpc) is 2.45. The lowest BCUT2D eigenvalue weighted by molar-refractivity contribution is 0.217. The van der Waals surface area contributed by atoms with Crippen molar-refractivity contribution in [2.45, 2.75) is 33.3 Å². The van der Waals surface area contributed by atoms with Crippen LogP contribution in [0.2, 0.25) is 0 Å². The number of nitrogens with two attached hydrogens (primary N) is 1. The Morgan fingerprint density at radius 2 is 2.05 bits per heavy atom. The molecule has 3 N–H and O–H groups in total. The van der Waals surface area contributed by atoms with E-state index in [9.17, 15) is 0 Å². The minimum absolute atomic E-state index is 0.214. The number of nitrogen functional groups attached to an aromatic ring is 1. The monoisotopic (exact) mass is 348 g/mol. The molecular formula is C17H21BrN2O. The summed E-state index contributed by atoms with van der Waals surface area (Å²) in [6.45, 7) is 6.18. The predicted molar refractivity (Wildman–Crippen MR) is 93.4 cm³/mol. The first-order chi connectivity index (χ1) is 9.99. The zero-order chi connectivity index (χ0) is 15.4. The second-order valence-corrected chi connectivity index (χ2v) is 6.03. The van der Waals surface area contributed by atoms with Gasteiger partial charge in [-0.1, -0.05) is 13.0 Å². The molecule has 0 aromatic heterocycles. The van der Waals surface area contributed by atoms with Crippen molar-refractivity contribution in [1.82, 2.24) is 0 Å². The third-order valence-corrected chi connectivity index (χ3v) is 4.04. The molecule has 0 aliphatic heterocycles. The first kappa shape index (κ1) is 15.7. The highest BCUT2D eigenvalue weighted by Gasteiger charge is 2.06. The highest BCUT2D eigenvalue weighted by molar-refractivity contribution is 9.10. The molecule has 0 saturated carbocycles. The Hall–Kier alpha value is -1.68. The molecule has 21 heavy (non-hydrogen) atoms. The minimum atomic E-state index is 0.214. The van der Waals surface area contributed by atoms with Crippen LogP contribution in [-0.4, -0.2) is 6.10 Å². The van der Waals surface area contributed by atoms with E-state index < -0.39 is 0 Å². The zero-order valence-electron chi connectivity index (χ0n) is 12.6. The molecule has 1 atom stereocenters. The summed E-state index contributed by atoms with van der Waals surface area (Å²) in [5, 5.41) is 3.39. The molecule has 0 amide bonds. The third kappa shape index (κ3) is 4.14. The van der Waals surface area contributed by atoms with E-state index in [0.29, 0.717) is 0 Å². The number of nitrogens with one attached hydrogen (secondary N) is 1. The molecule has 1 unspecified atom stereocenters. The van der Waals surface area contributed by atoms with Gasteiger partial charge in [0, 0.05) is 21.9 Å². The Kier molecular flexibility index (Phi) is 5.12. The number of rotatable bonds is 5. The van der Waals surface area contributed by atoms with Crippen LogP contribution in [0.1, 0.15) is 25.8 Å². The fourth-order valence-electron chi connectivity index (χ4n) is 1.91. The SMILES string of the molecule is CCC(C)Oc1cccc(Nc2cc(C)c(N)cc2Br)c1. The quantitative estimate of drug-likeness (QED) is 0.724. The van der Waals surface area contributed by atoms with E-state index in [0.717, 1.165) is 39.3 Å². The van der Waals surface area contributed by atoms with Crippen molar-refractivity contribution in [2.75, 3.05) is 11.1 Å². The van der Waals surface area contributed by atoms with Gasteiger partial charge in [-0.3, -0.25) is 0 Å². The molecule has 0 fully saturated rings. The smallest absolute Gasteiger partial charge is 0.121 e. The van der Waals surface area contributed by atoms with Gasteiger partial charge in [0.2, 0.25) is 0 Å². The molecule has 0 saturated heterocycles. The zero-order valence-corrected chi connectivity index (χ0v) is 14.2. The van der Waals surface area contributed by atoms with Gasteiger partial charge < -0.3 is 15.8 Å². The molecule has 0 heterocycles. The van der Waals surface area contributed by atoms with Gasteiger partial charge in [0.1, 0.15) is 5.75 Å². The number of aryl methyl sites for hydroxylation is 1. The summed E-state index contributed by atoms with van der Waals surface area (Å²) < 4.78 is 6.79. The van der Waals surface area contributed by atoms with Crippen molar-refractivity contribution in [2.24, 2.45) is 0 Å². The molecule has 0 aliphatic carbocycles. The number of halogens is 1. The summed E-state index contributed by atoms with van der Waals surface area (Å²) in [4.78, 5) is 0. The van der Waals surface area contributed by atoms with Crippen LogP contribution in [0.5, 0.6) is 5.75 Å². The summed E-state index contributed by atoms with van der Waals surface area (Å²) in [5.74, 6) is 0.873. The molecule has 0 bridgehead atoms. The maximum atomic E-state index is 5.90. The molecule has 0 spiro atoms. The molecule has 0 aliphatic rings. The summed E-state index contributed by atoms with van der Waals surface area (Å²) in [5.41, 5.74) is 9.70. The van der Waals surface area contributed by atoms with Crippen molar-refractivity contribution in [3.8, 4) is 5.75 Å². The van der Waals surface area contributed by atoms with Gasteiger partial charge in [0.25, 0.3) is 0 Å². The average molecular weight is 349 g/mol. The van der Waals surface area contributed by atoms with Crippen LogP contribution in [-0.2, 0) is 0 Å². The standard InChI is InChI=1S/C17H21BrN2O/c1-4-12(3)21-14-7-5-6-13(9-14)20-17-8-11(2)16(19)10-15(17)18/h5-10,12,20H,4,19H2,1-3H3. The van der Waals surface area contributed by atoms with Crippen LogP contribution in [0.25, 0.3) is 0 Å². The molecule has 4 heteroatoms. The van der Waals surface area contributed by atoms with Gasteiger partial charge >= 0.3 is 0 Å². The number of hydrogen-bond acceptors (Lipinski definition) is 3. The van der Waals surface area contributed by atoms with Gasteiger partial charge in [-0.25, -0.2) is 0 Å². The van der Waals surface area contributed by atoms with Crippen molar-refractivity contribution in [3.05, 3.63) is 46.4 Å². The van der Waals surface area contributed by atoms with Crippen LogP contribution >= 0.6 is 15.9 Å².